The number of Topliss-reactive ketones (excluding diaryl/α,β-unsaturated/α-hetero) is 1. The molecule has 204 valence electrons. The van der Waals surface area contributed by atoms with Crippen LogP contribution >= 0.6 is 0 Å². The highest BCUT2D eigenvalue weighted by Crippen LogP contribution is 2.36. The van der Waals surface area contributed by atoms with Crippen LogP contribution in [0.5, 0.6) is 0 Å². The summed E-state index contributed by atoms with van der Waals surface area (Å²) >= 11 is 0. The van der Waals surface area contributed by atoms with Crippen LogP contribution in [0, 0.1) is 18.7 Å². The van der Waals surface area contributed by atoms with Crippen molar-refractivity contribution in [1.82, 2.24) is 4.90 Å². The van der Waals surface area contributed by atoms with Gasteiger partial charge in [-0.15, -0.1) is 0 Å². The number of likely N-dealkylation sites (tertiary alicyclic amines) is 1. The maximum absolute atomic E-state index is 13.3. The number of hydrogen-bond donors (Lipinski definition) is 3. The van der Waals surface area contributed by atoms with Crippen LogP contribution < -0.4 is 10.6 Å². The van der Waals surface area contributed by atoms with E-state index < -0.39 is 12.0 Å². The number of anilines is 2. The van der Waals surface area contributed by atoms with Crippen LogP contribution in [-0.4, -0.2) is 40.9 Å². The largest absolute Gasteiger partial charge is 0.478 e. The van der Waals surface area contributed by atoms with Gasteiger partial charge in [0, 0.05) is 22.9 Å². The molecule has 1 heterocycles. The van der Waals surface area contributed by atoms with Crippen molar-refractivity contribution in [1.29, 1.82) is 0 Å². The van der Waals surface area contributed by atoms with E-state index in [-0.39, 0.29) is 23.2 Å². The van der Waals surface area contributed by atoms with E-state index in [1.165, 1.54) is 19.1 Å². The van der Waals surface area contributed by atoms with Crippen LogP contribution in [0.3, 0.4) is 0 Å². The minimum absolute atomic E-state index is 0.110. The number of aromatic carboxylic acids is 1. The van der Waals surface area contributed by atoms with Gasteiger partial charge >= 0.3 is 12.0 Å². The quantitative estimate of drug-likeness (QED) is 0.281. The van der Waals surface area contributed by atoms with Gasteiger partial charge in [-0.2, -0.15) is 0 Å². The highest BCUT2D eigenvalue weighted by molar-refractivity contribution is 6.03. The lowest BCUT2D eigenvalue weighted by molar-refractivity contribution is 0.0690. The second-order valence-electron chi connectivity index (χ2n) is 10.2. The molecule has 0 saturated carbocycles. The molecule has 8 heteroatoms. The standard InChI is InChI=1S/C31H34FN3O4/c1-19-7-12-27(30(37)38)28(29(19)34-31(39)33-26-6-4-5-24(18-26)21(3)36)20(2)35-15-13-23(14-16-35)17-22-8-10-25(32)11-9-22/h4-12,18,20,23H,13-17H2,1-3H3,(H,37,38)(H2,33,34,39). The number of ketones is 1. The molecule has 1 aliphatic rings. The average molecular weight is 532 g/mol. The summed E-state index contributed by atoms with van der Waals surface area (Å²) in [6, 6.07) is 15.8. The Morgan fingerprint density at radius 3 is 2.36 bits per heavy atom. The Hall–Kier alpha value is -4.04. The predicted molar refractivity (Wildman–Crippen MR) is 150 cm³/mol. The second kappa shape index (κ2) is 12.2. The zero-order chi connectivity index (χ0) is 28.1. The van der Waals surface area contributed by atoms with Gasteiger partial charge in [0.2, 0.25) is 0 Å². The molecule has 0 spiro atoms. The molecule has 0 bridgehead atoms. The van der Waals surface area contributed by atoms with Gasteiger partial charge in [-0.1, -0.05) is 30.3 Å². The summed E-state index contributed by atoms with van der Waals surface area (Å²) in [5.41, 5.74) is 3.99. The molecule has 1 unspecified atom stereocenters. The molecular formula is C31H34FN3O4. The first-order chi connectivity index (χ1) is 18.6. The summed E-state index contributed by atoms with van der Waals surface area (Å²) in [6.45, 7) is 6.83. The summed E-state index contributed by atoms with van der Waals surface area (Å²) in [6.07, 6.45) is 2.75. The fourth-order valence-electron chi connectivity index (χ4n) is 5.29. The molecule has 0 aromatic heterocycles. The second-order valence-corrected chi connectivity index (χ2v) is 10.2. The van der Waals surface area contributed by atoms with E-state index in [2.05, 4.69) is 15.5 Å². The fourth-order valence-corrected chi connectivity index (χ4v) is 5.29. The van der Waals surface area contributed by atoms with Crippen molar-refractivity contribution in [3.63, 3.8) is 0 Å². The van der Waals surface area contributed by atoms with E-state index in [4.69, 9.17) is 0 Å². The van der Waals surface area contributed by atoms with Crippen molar-refractivity contribution in [2.24, 2.45) is 5.92 Å². The van der Waals surface area contributed by atoms with Crippen LogP contribution in [0.1, 0.15) is 70.1 Å². The van der Waals surface area contributed by atoms with Gasteiger partial charge in [0.25, 0.3) is 0 Å². The molecule has 7 nitrogen and oxygen atoms in total. The Balaban J connectivity index is 1.51. The van der Waals surface area contributed by atoms with Crippen molar-refractivity contribution in [2.75, 3.05) is 23.7 Å². The average Bonchev–Trinajstić information content (AvgIpc) is 2.91. The number of rotatable bonds is 8. The van der Waals surface area contributed by atoms with Gasteiger partial charge in [0.05, 0.1) is 11.3 Å². The third-order valence-corrected chi connectivity index (χ3v) is 7.50. The summed E-state index contributed by atoms with van der Waals surface area (Å²) in [7, 11) is 0. The highest BCUT2D eigenvalue weighted by atomic mass is 19.1. The van der Waals surface area contributed by atoms with Crippen molar-refractivity contribution in [2.45, 2.75) is 46.1 Å². The van der Waals surface area contributed by atoms with Crippen LogP contribution in [0.2, 0.25) is 0 Å². The number of halogens is 1. The number of urea groups is 1. The monoisotopic (exact) mass is 531 g/mol. The number of piperidine rings is 1. The number of amides is 2. The number of carboxylic acids is 1. The summed E-state index contributed by atoms with van der Waals surface area (Å²) in [5.74, 6) is -0.941. The van der Waals surface area contributed by atoms with E-state index in [0.29, 0.717) is 28.4 Å². The van der Waals surface area contributed by atoms with E-state index in [1.54, 1.807) is 36.4 Å². The molecule has 3 aromatic rings. The molecular weight excluding hydrogens is 497 g/mol. The predicted octanol–water partition coefficient (Wildman–Crippen LogP) is 6.69. The van der Waals surface area contributed by atoms with Crippen LogP contribution in [0.4, 0.5) is 20.6 Å². The third kappa shape index (κ3) is 6.89. The molecule has 3 aromatic carbocycles. The van der Waals surface area contributed by atoms with Crippen LogP contribution in [0.25, 0.3) is 0 Å². The normalized spacial score (nSPS) is 15.0. The lowest BCUT2D eigenvalue weighted by atomic mass is 9.88. The van der Waals surface area contributed by atoms with Crippen LogP contribution in [-0.2, 0) is 6.42 Å². The number of nitrogens with zero attached hydrogens (tertiary/aromatic N) is 1. The molecule has 1 saturated heterocycles. The van der Waals surface area contributed by atoms with Gasteiger partial charge < -0.3 is 15.7 Å². The molecule has 2 amide bonds. The summed E-state index contributed by atoms with van der Waals surface area (Å²) in [4.78, 5) is 39.2. The Kier molecular flexibility index (Phi) is 8.76. The highest BCUT2D eigenvalue weighted by Gasteiger charge is 2.29. The summed E-state index contributed by atoms with van der Waals surface area (Å²) < 4.78 is 13.3. The number of benzene rings is 3. The minimum atomic E-state index is -1.05. The number of aryl methyl sites for hydroxylation is 1. The third-order valence-electron chi connectivity index (χ3n) is 7.50. The molecule has 4 rings (SSSR count). The topological polar surface area (TPSA) is 98.7 Å². The lowest BCUT2D eigenvalue weighted by Crippen LogP contribution is -2.37. The first kappa shape index (κ1) is 28.0. The fraction of sp³-hybridized carbons (Fsp3) is 0.323. The van der Waals surface area contributed by atoms with Crippen LogP contribution in [0.15, 0.2) is 60.7 Å². The Morgan fingerprint density at radius 1 is 1.03 bits per heavy atom. The maximum atomic E-state index is 13.3. The van der Waals surface area contributed by atoms with Gasteiger partial charge in [-0.05, 0) is 100 Å². The number of nitrogens with one attached hydrogen (secondary N) is 2. The van der Waals surface area contributed by atoms with Gasteiger partial charge in [-0.25, -0.2) is 14.0 Å². The van der Waals surface area contributed by atoms with E-state index in [1.807, 2.05) is 26.0 Å². The van der Waals surface area contributed by atoms with Crippen molar-refractivity contribution in [3.05, 3.63) is 94.3 Å². The SMILES string of the molecule is CC(=O)c1cccc(NC(=O)Nc2c(C)ccc(C(=O)O)c2C(C)N2CCC(Cc3ccc(F)cc3)CC2)c1. The zero-order valence-electron chi connectivity index (χ0n) is 22.5. The minimum Gasteiger partial charge on any atom is -0.478 e. The van der Waals surface area contributed by atoms with Crippen molar-refractivity contribution in [3.8, 4) is 0 Å². The number of carboxylic acid groups (broad SMARTS) is 1. The first-order valence-electron chi connectivity index (χ1n) is 13.2. The zero-order valence-corrected chi connectivity index (χ0v) is 22.5. The molecule has 0 aliphatic carbocycles. The number of hydrogen-bond acceptors (Lipinski definition) is 4. The molecule has 3 N–H and O–H groups in total. The summed E-state index contributed by atoms with van der Waals surface area (Å²) in [5, 5.41) is 15.6. The number of carbonyl (C=O) groups is 3. The molecule has 1 fully saturated rings. The molecule has 39 heavy (non-hydrogen) atoms. The van der Waals surface area contributed by atoms with Crippen molar-refractivity contribution >= 4 is 29.2 Å². The van der Waals surface area contributed by atoms with Gasteiger partial charge in [-0.3, -0.25) is 9.69 Å². The molecule has 1 aliphatic heterocycles. The molecule has 0 radical (unpaired) electrons. The maximum Gasteiger partial charge on any atom is 0.336 e. The van der Waals surface area contributed by atoms with Crippen molar-refractivity contribution < 1.29 is 23.9 Å². The Morgan fingerprint density at radius 2 is 1.72 bits per heavy atom. The first-order valence-corrected chi connectivity index (χ1v) is 13.2. The van der Waals surface area contributed by atoms with E-state index in [9.17, 15) is 23.9 Å². The molecule has 1 atom stereocenters. The van der Waals surface area contributed by atoms with Gasteiger partial charge in [0.1, 0.15) is 5.82 Å². The van der Waals surface area contributed by atoms with Gasteiger partial charge in [0.15, 0.2) is 5.78 Å². The number of carbonyl (C=O) groups excluding carboxylic acids is 2. The lowest BCUT2D eigenvalue weighted by Gasteiger charge is -2.37. The Bertz CT molecular complexity index is 1360. The van der Waals surface area contributed by atoms with E-state index >= 15 is 0 Å². The van der Waals surface area contributed by atoms with E-state index in [0.717, 1.165) is 43.5 Å². The smallest absolute Gasteiger partial charge is 0.336 e. The Labute approximate surface area is 228 Å².